The molecule has 0 bridgehead atoms. The van der Waals surface area contributed by atoms with Gasteiger partial charge in [-0.1, -0.05) is 0 Å². The van der Waals surface area contributed by atoms with E-state index in [1.807, 2.05) is 6.07 Å². The van der Waals surface area contributed by atoms with Crippen LogP contribution in [0.15, 0.2) is 12.3 Å². The zero-order chi connectivity index (χ0) is 11.4. The van der Waals surface area contributed by atoms with Crippen LogP contribution in [-0.2, 0) is 6.54 Å². The summed E-state index contributed by atoms with van der Waals surface area (Å²) in [5.74, 6) is 2.34. The summed E-state index contributed by atoms with van der Waals surface area (Å²) in [5, 5.41) is 3.39. The molecule has 1 saturated carbocycles. The summed E-state index contributed by atoms with van der Waals surface area (Å²) in [4.78, 5) is 4.31. The SMILES string of the molecule is COc1ccnc(CNCC2CC2)c1OC. The molecule has 0 atom stereocenters. The maximum Gasteiger partial charge on any atom is 0.183 e. The van der Waals surface area contributed by atoms with Crippen molar-refractivity contribution in [3.05, 3.63) is 18.0 Å². The van der Waals surface area contributed by atoms with Crippen molar-refractivity contribution in [1.82, 2.24) is 10.3 Å². The van der Waals surface area contributed by atoms with Crippen LogP contribution in [0.25, 0.3) is 0 Å². The Hall–Kier alpha value is -1.29. The van der Waals surface area contributed by atoms with Crippen LogP contribution in [0.2, 0.25) is 0 Å². The van der Waals surface area contributed by atoms with Crippen LogP contribution in [0.1, 0.15) is 18.5 Å². The average Bonchev–Trinajstić information content (AvgIpc) is 3.12. The fourth-order valence-corrected chi connectivity index (χ4v) is 1.69. The van der Waals surface area contributed by atoms with Crippen molar-refractivity contribution in [2.75, 3.05) is 20.8 Å². The molecule has 1 fully saturated rings. The van der Waals surface area contributed by atoms with Gasteiger partial charge in [0.25, 0.3) is 0 Å². The first-order valence-corrected chi connectivity index (χ1v) is 5.61. The van der Waals surface area contributed by atoms with Gasteiger partial charge in [-0.25, -0.2) is 0 Å². The second kappa shape index (κ2) is 5.16. The summed E-state index contributed by atoms with van der Waals surface area (Å²) in [6, 6.07) is 1.81. The molecule has 2 rings (SSSR count). The predicted octanol–water partition coefficient (Wildman–Crippen LogP) is 1.60. The molecule has 88 valence electrons. The zero-order valence-corrected chi connectivity index (χ0v) is 9.82. The van der Waals surface area contributed by atoms with Crippen LogP contribution in [0.4, 0.5) is 0 Å². The fourth-order valence-electron chi connectivity index (χ4n) is 1.69. The number of ether oxygens (including phenoxy) is 2. The fraction of sp³-hybridized carbons (Fsp3) is 0.583. The van der Waals surface area contributed by atoms with Gasteiger partial charge in [0.05, 0.1) is 19.9 Å². The normalized spacial score (nSPS) is 14.9. The first-order valence-electron chi connectivity index (χ1n) is 5.61. The Morgan fingerprint density at radius 2 is 2.19 bits per heavy atom. The Morgan fingerprint density at radius 1 is 1.38 bits per heavy atom. The van der Waals surface area contributed by atoms with E-state index in [0.29, 0.717) is 0 Å². The van der Waals surface area contributed by atoms with Gasteiger partial charge in [-0.15, -0.1) is 0 Å². The molecule has 0 spiro atoms. The molecule has 0 aliphatic heterocycles. The summed E-state index contributed by atoms with van der Waals surface area (Å²) in [5.41, 5.74) is 0.905. The van der Waals surface area contributed by atoms with E-state index < -0.39 is 0 Å². The van der Waals surface area contributed by atoms with E-state index in [9.17, 15) is 0 Å². The molecule has 0 aromatic carbocycles. The molecule has 1 N–H and O–H groups in total. The summed E-state index contributed by atoms with van der Waals surface area (Å²) in [7, 11) is 3.28. The van der Waals surface area contributed by atoms with Crippen molar-refractivity contribution in [2.24, 2.45) is 5.92 Å². The number of nitrogens with zero attached hydrogens (tertiary/aromatic N) is 1. The first-order chi connectivity index (χ1) is 7.85. The minimum absolute atomic E-state index is 0.730. The molecule has 1 aromatic rings. The molecular formula is C12H18N2O2. The van der Waals surface area contributed by atoms with Crippen molar-refractivity contribution in [1.29, 1.82) is 0 Å². The Balaban J connectivity index is 1.99. The lowest BCUT2D eigenvalue weighted by atomic mass is 10.3. The Bertz CT molecular complexity index is 351. The summed E-state index contributed by atoms with van der Waals surface area (Å²) in [6.07, 6.45) is 4.46. The van der Waals surface area contributed by atoms with E-state index in [1.54, 1.807) is 20.4 Å². The smallest absolute Gasteiger partial charge is 0.183 e. The largest absolute Gasteiger partial charge is 0.493 e. The highest BCUT2D eigenvalue weighted by molar-refractivity contribution is 5.42. The lowest BCUT2D eigenvalue weighted by molar-refractivity contribution is 0.348. The Labute approximate surface area is 96.0 Å². The van der Waals surface area contributed by atoms with E-state index in [2.05, 4.69) is 10.3 Å². The third-order valence-corrected chi connectivity index (χ3v) is 2.79. The van der Waals surface area contributed by atoms with E-state index >= 15 is 0 Å². The molecule has 1 aliphatic carbocycles. The first kappa shape index (κ1) is 11.2. The third kappa shape index (κ3) is 2.64. The monoisotopic (exact) mass is 222 g/mol. The number of nitrogens with one attached hydrogen (secondary N) is 1. The number of aromatic nitrogens is 1. The van der Waals surface area contributed by atoms with Gasteiger partial charge < -0.3 is 14.8 Å². The number of methoxy groups -OCH3 is 2. The quantitative estimate of drug-likeness (QED) is 0.794. The molecule has 16 heavy (non-hydrogen) atoms. The Kier molecular flexibility index (Phi) is 3.62. The highest BCUT2D eigenvalue weighted by Crippen LogP contribution is 2.30. The molecule has 1 heterocycles. The molecular weight excluding hydrogens is 204 g/mol. The number of pyridine rings is 1. The minimum atomic E-state index is 0.730. The van der Waals surface area contributed by atoms with E-state index in [-0.39, 0.29) is 0 Å². The minimum Gasteiger partial charge on any atom is -0.493 e. The molecule has 0 unspecified atom stereocenters. The zero-order valence-electron chi connectivity index (χ0n) is 9.82. The van der Waals surface area contributed by atoms with Crippen molar-refractivity contribution in [3.8, 4) is 11.5 Å². The van der Waals surface area contributed by atoms with Gasteiger partial charge in [-0.3, -0.25) is 4.98 Å². The van der Waals surface area contributed by atoms with Crippen LogP contribution >= 0.6 is 0 Å². The van der Waals surface area contributed by atoms with Gasteiger partial charge in [0.1, 0.15) is 0 Å². The van der Waals surface area contributed by atoms with Crippen molar-refractivity contribution in [2.45, 2.75) is 19.4 Å². The summed E-state index contributed by atoms with van der Waals surface area (Å²) >= 11 is 0. The van der Waals surface area contributed by atoms with Crippen LogP contribution < -0.4 is 14.8 Å². The predicted molar refractivity (Wildman–Crippen MR) is 61.8 cm³/mol. The maximum atomic E-state index is 5.31. The Morgan fingerprint density at radius 3 is 2.81 bits per heavy atom. The van der Waals surface area contributed by atoms with Crippen LogP contribution in [-0.4, -0.2) is 25.7 Å². The highest BCUT2D eigenvalue weighted by Gasteiger charge is 2.20. The lowest BCUT2D eigenvalue weighted by Crippen LogP contribution is -2.17. The van der Waals surface area contributed by atoms with Gasteiger partial charge in [0.15, 0.2) is 11.5 Å². The van der Waals surface area contributed by atoms with Gasteiger partial charge in [-0.05, 0) is 25.3 Å². The second-order valence-electron chi connectivity index (χ2n) is 4.07. The lowest BCUT2D eigenvalue weighted by Gasteiger charge is -2.11. The average molecular weight is 222 g/mol. The second-order valence-corrected chi connectivity index (χ2v) is 4.07. The van der Waals surface area contributed by atoms with Gasteiger partial charge in [0, 0.05) is 18.8 Å². The standard InChI is InChI=1S/C12H18N2O2/c1-15-11-5-6-14-10(12(11)16-2)8-13-7-9-3-4-9/h5-6,9,13H,3-4,7-8H2,1-2H3. The van der Waals surface area contributed by atoms with Gasteiger partial charge >= 0.3 is 0 Å². The van der Waals surface area contributed by atoms with E-state index in [4.69, 9.17) is 9.47 Å². The molecule has 0 radical (unpaired) electrons. The van der Waals surface area contributed by atoms with E-state index in [0.717, 1.165) is 36.2 Å². The molecule has 0 amide bonds. The van der Waals surface area contributed by atoms with Gasteiger partial charge in [0.2, 0.25) is 0 Å². The maximum absolute atomic E-state index is 5.31. The number of hydrogen-bond acceptors (Lipinski definition) is 4. The molecule has 4 heteroatoms. The molecule has 1 aromatic heterocycles. The van der Waals surface area contributed by atoms with Gasteiger partial charge in [-0.2, -0.15) is 0 Å². The number of rotatable bonds is 6. The van der Waals surface area contributed by atoms with Crippen LogP contribution in [0, 0.1) is 5.92 Å². The third-order valence-electron chi connectivity index (χ3n) is 2.79. The molecule has 1 aliphatic rings. The topological polar surface area (TPSA) is 43.4 Å². The van der Waals surface area contributed by atoms with Crippen LogP contribution in [0.3, 0.4) is 0 Å². The number of hydrogen-bond donors (Lipinski definition) is 1. The molecule has 4 nitrogen and oxygen atoms in total. The van der Waals surface area contributed by atoms with Crippen molar-refractivity contribution < 1.29 is 9.47 Å². The van der Waals surface area contributed by atoms with E-state index in [1.165, 1.54) is 12.8 Å². The summed E-state index contributed by atoms with van der Waals surface area (Å²) < 4.78 is 10.5. The molecule has 0 saturated heterocycles. The van der Waals surface area contributed by atoms with Crippen molar-refractivity contribution >= 4 is 0 Å². The summed E-state index contributed by atoms with van der Waals surface area (Å²) in [6.45, 7) is 1.80. The van der Waals surface area contributed by atoms with Crippen LogP contribution in [0.5, 0.6) is 11.5 Å². The highest BCUT2D eigenvalue weighted by atomic mass is 16.5. The van der Waals surface area contributed by atoms with Crippen molar-refractivity contribution in [3.63, 3.8) is 0 Å².